The Bertz CT molecular complexity index is 1580. The first-order valence-electron chi connectivity index (χ1n) is 11.6. The zero-order valence-corrected chi connectivity index (χ0v) is 21.6. The van der Waals surface area contributed by atoms with Crippen LogP contribution in [-0.2, 0) is 25.0 Å². The van der Waals surface area contributed by atoms with E-state index in [1.54, 1.807) is 66.6 Å². The van der Waals surface area contributed by atoms with Crippen LogP contribution >= 0.6 is 23.2 Å². The van der Waals surface area contributed by atoms with Crippen LogP contribution in [-0.4, -0.2) is 19.6 Å². The Balaban J connectivity index is 1.76. The van der Waals surface area contributed by atoms with Gasteiger partial charge < -0.3 is 9.67 Å². The van der Waals surface area contributed by atoms with Crippen molar-refractivity contribution in [2.75, 3.05) is 0 Å². The van der Waals surface area contributed by atoms with Gasteiger partial charge in [-0.25, -0.2) is 9.97 Å². The molecule has 188 valence electrons. The average Bonchev–Trinajstić information content (AvgIpc) is 3.31. The predicted octanol–water partition coefficient (Wildman–Crippen LogP) is 7.26. The molecule has 0 saturated carbocycles. The number of benzene rings is 3. The van der Waals surface area contributed by atoms with Crippen LogP contribution in [0.2, 0.25) is 10.0 Å². The molecule has 0 aliphatic rings. The molecule has 0 amide bonds. The second-order valence-electron chi connectivity index (χ2n) is 9.14. The maximum atomic E-state index is 14.7. The molecule has 37 heavy (non-hydrogen) atoms. The lowest BCUT2D eigenvalue weighted by Gasteiger charge is -2.30. The highest BCUT2D eigenvalue weighted by atomic mass is 35.5. The van der Waals surface area contributed by atoms with Crippen LogP contribution in [0, 0.1) is 0 Å². The first kappa shape index (κ1) is 25.3. The van der Waals surface area contributed by atoms with Crippen molar-refractivity contribution in [3.05, 3.63) is 129 Å². The highest BCUT2D eigenvalue weighted by Gasteiger charge is 2.38. The van der Waals surface area contributed by atoms with E-state index in [2.05, 4.69) is 9.97 Å². The molecule has 1 N–H and O–H groups in total. The van der Waals surface area contributed by atoms with Gasteiger partial charge in [-0.3, -0.25) is 0 Å². The molecule has 3 aromatic carbocycles. The molecule has 5 rings (SSSR count). The minimum Gasteiger partial charge on any atom is -0.374 e. The van der Waals surface area contributed by atoms with E-state index >= 15 is 0 Å². The van der Waals surface area contributed by atoms with E-state index in [-0.39, 0.29) is 22.7 Å². The summed E-state index contributed by atoms with van der Waals surface area (Å²) in [5, 5.41) is 13.4. The van der Waals surface area contributed by atoms with E-state index in [9.17, 15) is 13.9 Å². The highest BCUT2D eigenvalue weighted by molar-refractivity contribution is 6.36. The van der Waals surface area contributed by atoms with Gasteiger partial charge in [-0.2, -0.15) is 8.78 Å². The van der Waals surface area contributed by atoms with Crippen molar-refractivity contribution in [1.82, 2.24) is 14.5 Å². The summed E-state index contributed by atoms with van der Waals surface area (Å²) < 4.78 is 31.1. The van der Waals surface area contributed by atoms with Crippen molar-refractivity contribution in [3.8, 4) is 0 Å². The van der Waals surface area contributed by atoms with Crippen molar-refractivity contribution >= 4 is 34.1 Å². The predicted molar refractivity (Wildman–Crippen MR) is 142 cm³/mol. The van der Waals surface area contributed by atoms with Crippen molar-refractivity contribution in [2.45, 2.75) is 24.9 Å². The number of fused-ring (bicyclic) bond motifs is 1. The maximum Gasteiger partial charge on any atom is 0.287 e. The quantitative estimate of drug-likeness (QED) is 0.248. The Morgan fingerprint density at radius 1 is 0.946 bits per heavy atom. The van der Waals surface area contributed by atoms with Crippen LogP contribution < -0.4 is 0 Å². The molecule has 1 atom stereocenters. The van der Waals surface area contributed by atoms with E-state index in [0.717, 1.165) is 12.5 Å². The van der Waals surface area contributed by atoms with Gasteiger partial charge in [-0.05, 0) is 41.0 Å². The molecule has 0 aliphatic carbocycles. The molecule has 0 bridgehead atoms. The minimum absolute atomic E-state index is 0.177. The molecule has 0 fully saturated rings. The molecule has 0 saturated heterocycles. The summed E-state index contributed by atoms with van der Waals surface area (Å²) >= 11 is 13.0. The number of halogens is 4. The lowest BCUT2D eigenvalue weighted by Crippen LogP contribution is -2.31. The number of imidazole rings is 1. The number of alkyl halides is 2. The Morgan fingerprint density at radius 2 is 1.62 bits per heavy atom. The van der Waals surface area contributed by atoms with E-state index in [0.29, 0.717) is 32.7 Å². The number of nitrogens with zero attached hydrogens (tertiary/aromatic N) is 3. The van der Waals surface area contributed by atoms with E-state index in [4.69, 9.17) is 23.2 Å². The molecular weight excluding hydrogens is 515 g/mol. The Kier molecular flexibility index (Phi) is 6.52. The van der Waals surface area contributed by atoms with Crippen LogP contribution in [0.3, 0.4) is 0 Å². The monoisotopic (exact) mass is 537 g/mol. The molecule has 0 spiro atoms. The number of pyridine rings is 1. The molecule has 5 aromatic rings. The van der Waals surface area contributed by atoms with E-state index in [1.807, 2.05) is 30.3 Å². The lowest BCUT2D eigenvalue weighted by molar-refractivity contribution is 0.0122. The number of aliphatic hydroxyl groups is 1. The van der Waals surface area contributed by atoms with Gasteiger partial charge in [0.2, 0.25) is 0 Å². The fourth-order valence-corrected chi connectivity index (χ4v) is 5.11. The van der Waals surface area contributed by atoms with E-state index < -0.39 is 11.5 Å². The highest BCUT2D eigenvalue weighted by Crippen LogP contribution is 2.41. The summed E-state index contributed by atoms with van der Waals surface area (Å²) in [6.07, 6.45) is 3.37. The topological polar surface area (TPSA) is 50.9 Å². The average molecular weight is 538 g/mol. The zero-order chi connectivity index (χ0) is 26.4. The number of aryl methyl sites for hydroxylation is 1. The molecule has 4 nitrogen and oxygen atoms in total. The summed E-state index contributed by atoms with van der Waals surface area (Å²) in [5.41, 5.74) is 0.966. The van der Waals surface area contributed by atoms with Crippen LogP contribution in [0.1, 0.15) is 40.6 Å². The lowest BCUT2D eigenvalue weighted by atomic mass is 9.83. The van der Waals surface area contributed by atoms with Gasteiger partial charge >= 0.3 is 0 Å². The maximum absolute atomic E-state index is 14.7. The Morgan fingerprint density at radius 3 is 2.24 bits per heavy atom. The van der Waals surface area contributed by atoms with Gasteiger partial charge in [-0.1, -0.05) is 71.7 Å². The standard InChI is InChI=1S/C29H23Cl2F2N3O/c1-28(32,33)27-23(14-18-6-4-3-5-7-18)26(31)22-15-20(10-13-24(22)35-27)29(37,25-16-34-17-36(25)2)19-8-11-21(30)12-9-19/h3-13,15-17,37H,14H2,1-2H3. The smallest absolute Gasteiger partial charge is 0.287 e. The SMILES string of the molecule is Cn1cncc1C(O)(c1ccc(Cl)cc1)c1ccc2nc(C(C)(F)F)c(Cc3ccccc3)c(Cl)c2c1. The van der Waals surface area contributed by atoms with Crippen molar-refractivity contribution in [1.29, 1.82) is 0 Å². The largest absolute Gasteiger partial charge is 0.374 e. The van der Waals surface area contributed by atoms with Gasteiger partial charge in [0.1, 0.15) is 5.69 Å². The van der Waals surface area contributed by atoms with Gasteiger partial charge in [0.15, 0.2) is 5.60 Å². The number of hydrogen-bond acceptors (Lipinski definition) is 3. The number of rotatable bonds is 6. The third kappa shape index (κ3) is 4.61. The first-order valence-corrected chi connectivity index (χ1v) is 12.3. The first-order chi connectivity index (χ1) is 17.6. The van der Waals surface area contributed by atoms with Gasteiger partial charge in [0.05, 0.1) is 28.8 Å². The third-order valence-electron chi connectivity index (χ3n) is 6.52. The van der Waals surface area contributed by atoms with Crippen LogP contribution in [0.5, 0.6) is 0 Å². The zero-order valence-electron chi connectivity index (χ0n) is 20.1. The van der Waals surface area contributed by atoms with E-state index in [1.165, 1.54) is 0 Å². The van der Waals surface area contributed by atoms with Gasteiger partial charge in [-0.15, -0.1) is 0 Å². The van der Waals surface area contributed by atoms with Crippen LogP contribution in [0.4, 0.5) is 8.78 Å². The van der Waals surface area contributed by atoms with Gasteiger partial charge in [0, 0.05) is 36.4 Å². The van der Waals surface area contributed by atoms with Crippen LogP contribution in [0.25, 0.3) is 10.9 Å². The molecule has 0 aliphatic heterocycles. The van der Waals surface area contributed by atoms with Crippen LogP contribution in [0.15, 0.2) is 85.3 Å². The summed E-state index contributed by atoms with van der Waals surface area (Å²) in [6.45, 7) is 0.821. The minimum atomic E-state index is -3.20. The number of hydrogen-bond donors (Lipinski definition) is 1. The normalized spacial score (nSPS) is 13.6. The summed E-state index contributed by atoms with van der Waals surface area (Å²) in [4.78, 5) is 8.53. The Hall–Kier alpha value is -3.32. The van der Waals surface area contributed by atoms with Gasteiger partial charge in [0.25, 0.3) is 5.92 Å². The Labute approximate surface area is 223 Å². The second kappa shape index (κ2) is 9.53. The summed E-state index contributed by atoms with van der Waals surface area (Å²) in [5.74, 6) is -3.20. The third-order valence-corrected chi connectivity index (χ3v) is 7.21. The molecule has 2 heterocycles. The van der Waals surface area contributed by atoms with Crippen molar-refractivity contribution in [2.24, 2.45) is 7.05 Å². The summed E-state index contributed by atoms with van der Waals surface area (Å²) in [7, 11) is 1.78. The molecular formula is C29H23Cl2F2N3O. The number of aromatic nitrogens is 3. The fourth-order valence-electron chi connectivity index (χ4n) is 4.67. The van der Waals surface area contributed by atoms with Crippen molar-refractivity contribution < 1.29 is 13.9 Å². The molecule has 0 radical (unpaired) electrons. The van der Waals surface area contributed by atoms with Crippen molar-refractivity contribution in [3.63, 3.8) is 0 Å². The summed E-state index contributed by atoms with van der Waals surface area (Å²) in [6, 6.07) is 21.1. The molecule has 1 unspecified atom stereocenters. The fraction of sp³-hybridized carbons (Fsp3) is 0.172. The second-order valence-corrected chi connectivity index (χ2v) is 9.96. The molecule has 2 aromatic heterocycles. The molecule has 8 heteroatoms.